The Kier molecular flexibility index (Phi) is 2.80. The Morgan fingerprint density at radius 3 is 2.80 bits per heavy atom. The number of aromatic nitrogens is 3. The molecule has 2 heterocycles. The van der Waals surface area contributed by atoms with Crippen molar-refractivity contribution < 1.29 is 0 Å². The van der Waals surface area contributed by atoms with Crippen LogP contribution in [0.4, 0.5) is 5.95 Å². The van der Waals surface area contributed by atoms with Crippen LogP contribution in [0.3, 0.4) is 0 Å². The third-order valence-corrected chi connectivity index (χ3v) is 2.75. The lowest BCUT2D eigenvalue weighted by Crippen LogP contribution is -2.35. The third kappa shape index (κ3) is 2.23. The first-order valence-corrected chi connectivity index (χ1v) is 5.08. The molecule has 1 N–H and O–H groups in total. The van der Waals surface area contributed by atoms with Gasteiger partial charge in [-0.15, -0.1) is 6.58 Å². The van der Waals surface area contributed by atoms with Crippen molar-refractivity contribution in [2.45, 2.75) is 12.8 Å². The topological polar surface area (TPSA) is 61.9 Å². The first kappa shape index (κ1) is 9.89. The highest BCUT2D eigenvalue weighted by molar-refractivity contribution is 5.28. The van der Waals surface area contributed by atoms with Crippen LogP contribution in [0, 0.1) is 5.92 Å². The van der Waals surface area contributed by atoms with Crippen LogP contribution in [0.5, 0.6) is 0 Å². The van der Waals surface area contributed by atoms with Gasteiger partial charge in [-0.05, 0) is 18.8 Å². The molecule has 1 aliphatic rings. The molecule has 15 heavy (non-hydrogen) atoms. The molecule has 0 atom stereocenters. The molecule has 5 nitrogen and oxygen atoms in total. The van der Waals surface area contributed by atoms with Crippen molar-refractivity contribution in [3.63, 3.8) is 0 Å². The molecule has 5 heteroatoms. The molecule has 2 rings (SSSR count). The van der Waals surface area contributed by atoms with Gasteiger partial charge in [-0.1, -0.05) is 6.08 Å². The van der Waals surface area contributed by atoms with Crippen LogP contribution in [-0.4, -0.2) is 28.0 Å². The Hall–Kier alpha value is -1.65. The molecule has 1 fully saturated rings. The van der Waals surface area contributed by atoms with E-state index in [9.17, 15) is 4.79 Å². The van der Waals surface area contributed by atoms with E-state index in [-0.39, 0.29) is 5.69 Å². The second kappa shape index (κ2) is 4.25. The monoisotopic (exact) mass is 206 g/mol. The third-order valence-electron chi connectivity index (χ3n) is 2.75. The lowest BCUT2D eigenvalue weighted by Gasteiger charge is -2.30. The highest BCUT2D eigenvalue weighted by atomic mass is 16.1. The standard InChI is InChI=1S/C10H14N4O/c1-2-8-3-5-14(6-4-8)9-11-7-12-10(15)13-9/h2,7-8H,1,3-6H2,(H,11,12,13,15). The van der Waals surface area contributed by atoms with Crippen LogP contribution in [0.15, 0.2) is 23.8 Å². The van der Waals surface area contributed by atoms with Crippen molar-refractivity contribution in [1.82, 2.24) is 15.0 Å². The van der Waals surface area contributed by atoms with Crippen LogP contribution < -0.4 is 10.6 Å². The van der Waals surface area contributed by atoms with Gasteiger partial charge in [0, 0.05) is 13.1 Å². The van der Waals surface area contributed by atoms with Crippen molar-refractivity contribution in [3.05, 3.63) is 29.5 Å². The predicted octanol–water partition coefficient (Wildman–Crippen LogP) is 0.567. The van der Waals surface area contributed by atoms with E-state index in [0.29, 0.717) is 11.9 Å². The van der Waals surface area contributed by atoms with Crippen LogP contribution in [0.25, 0.3) is 0 Å². The van der Waals surface area contributed by atoms with Crippen LogP contribution in [0.1, 0.15) is 12.8 Å². The second-order valence-electron chi connectivity index (χ2n) is 3.69. The zero-order valence-corrected chi connectivity index (χ0v) is 8.52. The van der Waals surface area contributed by atoms with Gasteiger partial charge in [-0.3, -0.25) is 4.98 Å². The van der Waals surface area contributed by atoms with Gasteiger partial charge in [0.2, 0.25) is 5.95 Å². The molecule has 0 radical (unpaired) electrons. The first-order chi connectivity index (χ1) is 7.29. The van der Waals surface area contributed by atoms with Crippen molar-refractivity contribution in [2.24, 2.45) is 5.92 Å². The normalized spacial score (nSPS) is 17.7. The Labute approximate surface area is 87.9 Å². The van der Waals surface area contributed by atoms with E-state index in [0.717, 1.165) is 25.9 Å². The molecule has 0 bridgehead atoms. The minimum Gasteiger partial charge on any atom is -0.342 e. The van der Waals surface area contributed by atoms with Gasteiger partial charge < -0.3 is 4.90 Å². The van der Waals surface area contributed by atoms with Crippen LogP contribution in [-0.2, 0) is 0 Å². The fourth-order valence-corrected chi connectivity index (χ4v) is 1.80. The Morgan fingerprint density at radius 2 is 2.20 bits per heavy atom. The van der Waals surface area contributed by atoms with Crippen molar-refractivity contribution in [1.29, 1.82) is 0 Å². The number of rotatable bonds is 2. The molecule has 1 aliphatic heterocycles. The summed E-state index contributed by atoms with van der Waals surface area (Å²) in [6, 6.07) is 0. The summed E-state index contributed by atoms with van der Waals surface area (Å²) in [5.74, 6) is 1.22. The van der Waals surface area contributed by atoms with E-state index in [1.165, 1.54) is 6.33 Å². The minimum absolute atomic E-state index is 0.342. The molecule has 1 saturated heterocycles. The number of anilines is 1. The maximum absolute atomic E-state index is 11.0. The van der Waals surface area contributed by atoms with Gasteiger partial charge in [0.15, 0.2) is 0 Å². The average molecular weight is 206 g/mol. The molecular weight excluding hydrogens is 192 g/mol. The zero-order valence-electron chi connectivity index (χ0n) is 8.52. The van der Waals surface area contributed by atoms with Gasteiger partial charge in [0.1, 0.15) is 6.33 Å². The summed E-state index contributed by atoms with van der Waals surface area (Å²) >= 11 is 0. The van der Waals surface area contributed by atoms with E-state index in [2.05, 4.69) is 26.4 Å². The number of hydrogen-bond acceptors (Lipinski definition) is 4. The van der Waals surface area contributed by atoms with Gasteiger partial charge >= 0.3 is 5.69 Å². The number of nitrogens with one attached hydrogen (secondary N) is 1. The lowest BCUT2D eigenvalue weighted by atomic mass is 9.97. The van der Waals surface area contributed by atoms with E-state index >= 15 is 0 Å². The summed E-state index contributed by atoms with van der Waals surface area (Å²) < 4.78 is 0. The molecule has 0 saturated carbocycles. The van der Waals surface area contributed by atoms with Crippen LogP contribution in [0.2, 0.25) is 0 Å². The molecule has 1 aromatic heterocycles. The molecule has 0 unspecified atom stereocenters. The Morgan fingerprint density at radius 1 is 1.47 bits per heavy atom. The van der Waals surface area contributed by atoms with Crippen molar-refractivity contribution in [3.8, 4) is 0 Å². The molecule has 1 aromatic rings. The largest absolute Gasteiger partial charge is 0.349 e. The smallest absolute Gasteiger partial charge is 0.342 e. The number of allylic oxidation sites excluding steroid dienone is 1. The number of hydrogen-bond donors (Lipinski definition) is 1. The van der Waals surface area contributed by atoms with E-state index in [1.54, 1.807) is 0 Å². The summed E-state index contributed by atoms with van der Waals surface area (Å²) in [5.41, 5.74) is -0.342. The fraction of sp³-hybridized carbons (Fsp3) is 0.500. The molecule has 0 amide bonds. The van der Waals surface area contributed by atoms with Crippen molar-refractivity contribution in [2.75, 3.05) is 18.0 Å². The summed E-state index contributed by atoms with van der Waals surface area (Å²) in [6.07, 6.45) is 5.43. The van der Waals surface area contributed by atoms with E-state index < -0.39 is 0 Å². The quantitative estimate of drug-likeness (QED) is 0.718. The van der Waals surface area contributed by atoms with Gasteiger partial charge in [0.25, 0.3) is 0 Å². The molecular formula is C10H14N4O. The summed E-state index contributed by atoms with van der Waals surface area (Å²) in [7, 11) is 0. The predicted molar refractivity (Wildman–Crippen MR) is 57.8 cm³/mol. The molecule has 0 aromatic carbocycles. The Bertz CT molecular complexity index is 392. The number of H-pyrrole nitrogens is 1. The highest BCUT2D eigenvalue weighted by Gasteiger charge is 2.18. The van der Waals surface area contributed by atoms with Gasteiger partial charge in [-0.2, -0.15) is 4.98 Å². The van der Waals surface area contributed by atoms with E-state index in [1.807, 2.05) is 6.08 Å². The highest BCUT2D eigenvalue weighted by Crippen LogP contribution is 2.19. The molecule has 0 aliphatic carbocycles. The lowest BCUT2D eigenvalue weighted by molar-refractivity contribution is 0.473. The van der Waals surface area contributed by atoms with Gasteiger partial charge in [-0.25, -0.2) is 9.78 Å². The summed E-state index contributed by atoms with van der Waals surface area (Å²) in [5, 5.41) is 0. The maximum atomic E-state index is 11.0. The van der Waals surface area contributed by atoms with Gasteiger partial charge in [0.05, 0.1) is 0 Å². The summed E-state index contributed by atoms with van der Waals surface area (Å²) in [6.45, 7) is 5.61. The van der Waals surface area contributed by atoms with E-state index in [4.69, 9.17) is 0 Å². The summed E-state index contributed by atoms with van der Waals surface area (Å²) in [4.78, 5) is 23.3. The zero-order chi connectivity index (χ0) is 10.7. The maximum Gasteiger partial charge on any atom is 0.349 e. The SMILES string of the molecule is C=CC1CCN(c2ncnc(=O)[nH]2)CC1. The number of nitrogens with zero attached hydrogens (tertiary/aromatic N) is 3. The molecule has 0 spiro atoms. The Balaban J connectivity index is 2.07. The number of aromatic amines is 1. The first-order valence-electron chi connectivity index (χ1n) is 5.08. The minimum atomic E-state index is -0.342. The average Bonchev–Trinajstić information content (AvgIpc) is 2.29. The second-order valence-corrected chi connectivity index (χ2v) is 3.69. The number of piperidine rings is 1. The fourth-order valence-electron chi connectivity index (χ4n) is 1.80. The molecule has 80 valence electrons. The van der Waals surface area contributed by atoms with Crippen molar-refractivity contribution >= 4 is 5.95 Å². The van der Waals surface area contributed by atoms with Crippen LogP contribution >= 0.6 is 0 Å².